The van der Waals surface area contributed by atoms with E-state index in [1.165, 1.54) is 13.3 Å². The standard InChI is InChI=1S/C18H14ClN5O4/c1-26-17(25)10-2-4-12(19)13(6-10)22-16-8-20-24-18(23-16)21-11-3-5-14-15(7-11)28-9-27-14/h2-8H,9H2,1H3,(H2,21,22,23,24). The van der Waals surface area contributed by atoms with E-state index in [1.807, 2.05) is 6.07 Å². The summed E-state index contributed by atoms with van der Waals surface area (Å²) in [6, 6.07) is 10.1. The number of anilines is 4. The molecule has 1 aliphatic rings. The average Bonchev–Trinajstić information content (AvgIpc) is 3.17. The predicted octanol–water partition coefficient (Wildman–Crippen LogP) is 3.53. The van der Waals surface area contributed by atoms with Gasteiger partial charge in [-0.2, -0.15) is 10.1 Å². The summed E-state index contributed by atoms with van der Waals surface area (Å²) in [6.07, 6.45) is 1.44. The van der Waals surface area contributed by atoms with Gasteiger partial charge in [0, 0.05) is 11.8 Å². The lowest BCUT2D eigenvalue weighted by Gasteiger charge is -2.10. The Morgan fingerprint density at radius 3 is 2.86 bits per heavy atom. The topological polar surface area (TPSA) is 107 Å². The molecule has 1 aliphatic heterocycles. The number of aromatic nitrogens is 3. The average molecular weight is 400 g/mol. The van der Waals surface area contributed by atoms with Crippen molar-refractivity contribution in [1.29, 1.82) is 0 Å². The number of nitrogens with zero attached hydrogens (tertiary/aromatic N) is 3. The molecule has 0 fully saturated rings. The monoisotopic (exact) mass is 399 g/mol. The smallest absolute Gasteiger partial charge is 0.337 e. The van der Waals surface area contributed by atoms with E-state index in [-0.39, 0.29) is 12.7 Å². The highest BCUT2D eigenvalue weighted by atomic mass is 35.5. The van der Waals surface area contributed by atoms with Crippen LogP contribution in [0.25, 0.3) is 0 Å². The Balaban J connectivity index is 1.54. The number of fused-ring (bicyclic) bond motifs is 1. The Kier molecular flexibility index (Phi) is 4.81. The number of halogens is 1. The maximum Gasteiger partial charge on any atom is 0.337 e. The van der Waals surface area contributed by atoms with Gasteiger partial charge in [-0.3, -0.25) is 0 Å². The number of carbonyl (C=O) groups is 1. The molecule has 28 heavy (non-hydrogen) atoms. The lowest BCUT2D eigenvalue weighted by molar-refractivity contribution is 0.0601. The van der Waals surface area contributed by atoms with Gasteiger partial charge in [-0.15, -0.1) is 5.10 Å². The van der Waals surface area contributed by atoms with Crippen LogP contribution >= 0.6 is 11.6 Å². The minimum absolute atomic E-state index is 0.196. The molecular weight excluding hydrogens is 386 g/mol. The van der Waals surface area contributed by atoms with Gasteiger partial charge in [0.2, 0.25) is 12.7 Å². The van der Waals surface area contributed by atoms with Crippen LogP contribution in [0, 0.1) is 0 Å². The van der Waals surface area contributed by atoms with Crippen LogP contribution < -0.4 is 20.1 Å². The molecule has 2 N–H and O–H groups in total. The first-order valence-corrected chi connectivity index (χ1v) is 8.51. The molecule has 0 bridgehead atoms. The van der Waals surface area contributed by atoms with Crippen LogP contribution in [0.1, 0.15) is 10.4 Å². The van der Waals surface area contributed by atoms with Gasteiger partial charge >= 0.3 is 5.97 Å². The summed E-state index contributed by atoms with van der Waals surface area (Å²) >= 11 is 6.20. The zero-order valence-electron chi connectivity index (χ0n) is 14.6. The summed E-state index contributed by atoms with van der Waals surface area (Å²) in [5.74, 6) is 1.51. The maximum atomic E-state index is 11.7. The van der Waals surface area contributed by atoms with Crippen molar-refractivity contribution in [1.82, 2.24) is 15.2 Å². The molecule has 0 radical (unpaired) electrons. The van der Waals surface area contributed by atoms with Crippen molar-refractivity contribution in [3.8, 4) is 11.5 Å². The lowest BCUT2D eigenvalue weighted by atomic mass is 10.2. The van der Waals surface area contributed by atoms with Crippen molar-refractivity contribution in [3.63, 3.8) is 0 Å². The molecule has 142 valence electrons. The maximum absolute atomic E-state index is 11.7. The van der Waals surface area contributed by atoms with E-state index in [1.54, 1.807) is 30.3 Å². The number of benzene rings is 2. The molecule has 0 atom stereocenters. The Bertz CT molecular complexity index is 1050. The van der Waals surface area contributed by atoms with Gasteiger partial charge < -0.3 is 24.8 Å². The molecule has 0 saturated carbocycles. The summed E-state index contributed by atoms with van der Waals surface area (Å²) in [7, 11) is 1.31. The molecule has 0 spiro atoms. The Morgan fingerprint density at radius 1 is 1.14 bits per heavy atom. The van der Waals surface area contributed by atoms with E-state index in [4.69, 9.17) is 25.8 Å². The molecule has 1 aromatic heterocycles. The molecule has 3 aromatic rings. The largest absolute Gasteiger partial charge is 0.465 e. The van der Waals surface area contributed by atoms with Crippen molar-refractivity contribution in [2.45, 2.75) is 0 Å². The number of methoxy groups -OCH3 is 1. The number of esters is 1. The normalized spacial score (nSPS) is 11.8. The van der Waals surface area contributed by atoms with Crippen LogP contribution in [0.15, 0.2) is 42.6 Å². The number of nitrogens with one attached hydrogen (secondary N) is 2. The number of hydrogen-bond acceptors (Lipinski definition) is 9. The van der Waals surface area contributed by atoms with E-state index >= 15 is 0 Å². The second-order valence-corrected chi connectivity index (χ2v) is 6.08. The Hall–Kier alpha value is -3.59. The number of carbonyl (C=O) groups excluding carboxylic acids is 1. The van der Waals surface area contributed by atoms with E-state index in [0.717, 1.165) is 0 Å². The summed E-state index contributed by atoms with van der Waals surface area (Å²) in [5.41, 5.74) is 1.56. The van der Waals surface area contributed by atoms with Crippen LogP contribution in [0.4, 0.5) is 23.1 Å². The van der Waals surface area contributed by atoms with Crippen LogP contribution in [0.5, 0.6) is 11.5 Å². The molecule has 2 aromatic carbocycles. The van der Waals surface area contributed by atoms with E-state index < -0.39 is 5.97 Å². The molecule has 2 heterocycles. The first-order chi connectivity index (χ1) is 13.6. The fourth-order valence-corrected chi connectivity index (χ4v) is 2.69. The van der Waals surface area contributed by atoms with E-state index in [9.17, 15) is 4.79 Å². The van der Waals surface area contributed by atoms with Gasteiger partial charge in [-0.05, 0) is 30.3 Å². The molecule has 10 heteroatoms. The lowest BCUT2D eigenvalue weighted by Crippen LogP contribution is -2.04. The second kappa shape index (κ2) is 7.57. The SMILES string of the molecule is COC(=O)c1ccc(Cl)c(Nc2cnnc(Nc3ccc4c(c3)OCO4)n2)c1. The van der Waals surface area contributed by atoms with Gasteiger partial charge in [0.15, 0.2) is 17.3 Å². The molecule has 0 amide bonds. The van der Waals surface area contributed by atoms with Gasteiger partial charge in [-0.25, -0.2) is 4.79 Å². The highest BCUT2D eigenvalue weighted by Gasteiger charge is 2.14. The van der Waals surface area contributed by atoms with Crippen molar-refractivity contribution in [2.75, 3.05) is 24.5 Å². The third-order valence-electron chi connectivity index (χ3n) is 3.84. The highest BCUT2D eigenvalue weighted by molar-refractivity contribution is 6.33. The summed E-state index contributed by atoms with van der Waals surface area (Å²) in [4.78, 5) is 16.1. The van der Waals surface area contributed by atoms with E-state index in [2.05, 4.69) is 25.8 Å². The number of rotatable bonds is 5. The third kappa shape index (κ3) is 3.74. The number of ether oxygens (including phenoxy) is 3. The van der Waals surface area contributed by atoms with Crippen molar-refractivity contribution >= 4 is 40.7 Å². The molecule has 0 unspecified atom stereocenters. The molecular formula is C18H14ClN5O4. The molecule has 9 nitrogen and oxygen atoms in total. The Labute approximate surface area is 164 Å². The zero-order chi connectivity index (χ0) is 19.5. The molecule has 0 saturated heterocycles. The van der Waals surface area contributed by atoms with Crippen LogP contribution in [-0.4, -0.2) is 35.1 Å². The van der Waals surface area contributed by atoms with Crippen LogP contribution in [-0.2, 0) is 4.74 Å². The van der Waals surface area contributed by atoms with Gasteiger partial charge in [0.1, 0.15) is 0 Å². The van der Waals surface area contributed by atoms with Gasteiger partial charge in [0.25, 0.3) is 0 Å². The van der Waals surface area contributed by atoms with Crippen molar-refractivity contribution < 1.29 is 19.0 Å². The summed E-state index contributed by atoms with van der Waals surface area (Å²) < 4.78 is 15.4. The van der Waals surface area contributed by atoms with Gasteiger partial charge in [0.05, 0.1) is 29.6 Å². The molecule has 0 aliphatic carbocycles. The zero-order valence-corrected chi connectivity index (χ0v) is 15.4. The Morgan fingerprint density at radius 2 is 2.00 bits per heavy atom. The predicted molar refractivity (Wildman–Crippen MR) is 102 cm³/mol. The minimum atomic E-state index is -0.467. The fourth-order valence-electron chi connectivity index (χ4n) is 2.52. The van der Waals surface area contributed by atoms with Crippen LogP contribution in [0.3, 0.4) is 0 Å². The fraction of sp³-hybridized carbons (Fsp3) is 0.111. The van der Waals surface area contributed by atoms with Crippen molar-refractivity contribution in [2.24, 2.45) is 0 Å². The quantitative estimate of drug-likeness (QED) is 0.623. The minimum Gasteiger partial charge on any atom is -0.465 e. The molecule has 4 rings (SSSR count). The highest BCUT2D eigenvalue weighted by Crippen LogP contribution is 2.35. The summed E-state index contributed by atoms with van der Waals surface area (Å²) in [5, 5.41) is 14.4. The second-order valence-electron chi connectivity index (χ2n) is 5.67. The number of hydrogen-bond donors (Lipinski definition) is 2. The summed E-state index contributed by atoms with van der Waals surface area (Å²) in [6.45, 7) is 0.196. The van der Waals surface area contributed by atoms with Crippen molar-refractivity contribution in [3.05, 3.63) is 53.2 Å². The van der Waals surface area contributed by atoms with Gasteiger partial charge in [-0.1, -0.05) is 11.6 Å². The first-order valence-electron chi connectivity index (χ1n) is 8.13. The van der Waals surface area contributed by atoms with E-state index in [0.29, 0.717) is 39.3 Å². The van der Waals surface area contributed by atoms with Crippen LogP contribution in [0.2, 0.25) is 5.02 Å². The first kappa shape index (κ1) is 17.8. The third-order valence-corrected chi connectivity index (χ3v) is 4.17.